The fraction of sp³-hybridized carbons (Fsp3) is 0.300. The molecule has 1 aliphatic rings. The summed E-state index contributed by atoms with van der Waals surface area (Å²) in [5.41, 5.74) is 0.938. The Hall–Kier alpha value is -1.46. The van der Waals surface area contributed by atoms with Gasteiger partial charge in [-0.2, -0.15) is 0 Å². The number of halogens is 4. The lowest BCUT2D eigenvalue weighted by atomic mass is 9.80. The Balaban J connectivity index is 1.64. The number of amides is 2. The smallest absolute Gasteiger partial charge is 0.227 e. The van der Waals surface area contributed by atoms with Crippen LogP contribution in [-0.2, 0) is 9.59 Å². The molecule has 0 bridgehead atoms. The van der Waals surface area contributed by atoms with E-state index >= 15 is 0 Å². The van der Waals surface area contributed by atoms with Crippen LogP contribution in [0.2, 0.25) is 20.1 Å². The predicted molar refractivity (Wildman–Crippen MR) is 116 cm³/mol. The number of nitrogens with one attached hydrogen (secondary N) is 2. The highest BCUT2D eigenvalue weighted by Crippen LogP contribution is 2.33. The topological polar surface area (TPSA) is 58.2 Å². The fourth-order valence-corrected chi connectivity index (χ4v) is 4.00. The van der Waals surface area contributed by atoms with Crippen molar-refractivity contribution in [2.45, 2.75) is 25.7 Å². The molecule has 2 atom stereocenters. The van der Waals surface area contributed by atoms with Crippen molar-refractivity contribution in [1.29, 1.82) is 0 Å². The van der Waals surface area contributed by atoms with Crippen LogP contribution in [0.25, 0.3) is 0 Å². The Morgan fingerprint density at radius 1 is 0.750 bits per heavy atom. The van der Waals surface area contributed by atoms with Gasteiger partial charge in [-0.05, 0) is 55.7 Å². The zero-order chi connectivity index (χ0) is 20.3. The van der Waals surface area contributed by atoms with E-state index in [2.05, 4.69) is 10.6 Å². The van der Waals surface area contributed by atoms with Crippen LogP contribution in [0.1, 0.15) is 25.7 Å². The monoisotopic (exact) mass is 458 g/mol. The number of hydrogen-bond acceptors (Lipinski definition) is 2. The maximum atomic E-state index is 12.7. The molecule has 2 amide bonds. The van der Waals surface area contributed by atoms with Gasteiger partial charge in [0, 0.05) is 21.9 Å². The first kappa shape index (κ1) is 21.3. The summed E-state index contributed by atoms with van der Waals surface area (Å²) < 4.78 is 0. The van der Waals surface area contributed by atoms with Crippen LogP contribution in [0.3, 0.4) is 0 Å². The van der Waals surface area contributed by atoms with Gasteiger partial charge in [-0.15, -0.1) is 0 Å². The van der Waals surface area contributed by atoms with Crippen LogP contribution in [0.15, 0.2) is 36.4 Å². The molecule has 2 aromatic rings. The number of benzene rings is 2. The highest BCUT2D eigenvalue weighted by molar-refractivity contribution is 6.36. The van der Waals surface area contributed by atoms with E-state index in [1.54, 1.807) is 36.4 Å². The number of hydrogen-bond donors (Lipinski definition) is 2. The minimum atomic E-state index is -0.283. The lowest BCUT2D eigenvalue weighted by molar-refractivity contribution is -0.124. The van der Waals surface area contributed by atoms with Gasteiger partial charge in [0.05, 0.1) is 21.4 Å². The van der Waals surface area contributed by atoms with Crippen molar-refractivity contribution in [3.05, 3.63) is 56.5 Å². The average molecular weight is 460 g/mol. The van der Waals surface area contributed by atoms with Gasteiger partial charge in [-0.25, -0.2) is 0 Å². The molecule has 0 heterocycles. The summed E-state index contributed by atoms with van der Waals surface area (Å²) >= 11 is 24.2. The molecule has 148 valence electrons. The minimum absolute atomic E-state index is 0.164. The van der Waals surface area contributed by atoms with Gasteiger partial charge in [-0.1, -0.05) is 52.8 Å². The van der Waals surface area contributed by atoms with Crippen molar-refractivity contribution in [2.75, 3.05) is 10.6 Å². The summed E-state index contributed by atoms with van der Waals surface area (Å²) in [6.07, 6.45) is 2.66. The van der Waals surface area contributed by atoms with E-state index in [4.69, 9.17) is 46.4 Å². The van der Waals surface area contributed by atoms with Crippen LogP contribution in [0, 0.1) is 11.8 Å². The second-order valence-corrected chi connectivity index (χ2v) is 8.47. The molecule has 28 heavy (non-hydrogen) atoms. The second kappa shape index (κ2) is 9.36. The van der Waals surface area contributed by atoms with Crippen LogP contribution in [0.4, 0.5) is 11.4 Å². The largest absolute Gasteiger partial charge is 0.324 e. The quantitative estimate of drug-likeness (QED) is 0.535. The Morgan fingerprint density at radius 3 is 1.61 bits per heavy atom. The van der Waals surface area contributed by atoms with Crippen molar-refractivity contribution in [3.8, 4) is 0 Å². The molecule has 0 aromatic heterocycles. The van der Waals surface area contributed by atoms with E-state index in [1.807, 2.05) is 0 Å². The highest BCUT2D eigenvalue weighted by Gasteiger charge is 2.31. The SMILES string of the molecule is O=C(Nc1cc(Cl)ccc1Cl)C1CCCC(C(=O)Nc2cc(Cl)ccc2Cl)C1. The maximum Gasteiger partial charge on any atom is 0.227 e. The Kier molecular flexibility index (Phi) is 7.10. The summed E-state index contributed by atoms with van der Waals surface area (Å²) in [5.74, 6) is -0.895. The van der Waals surface area contributed by atoms with Crippen LogP contribution >= 0.6 is 46.4 Å². The highest BCUT2D eigenvalue weighted by atomic mass is 35.5. The first-order valence-electron chi connectivity index (χ1n) is 8.85. The molecule has 2 unspecified atom stereocenters. The minimum Gasteiger partial charge on any atom is -0.324 e. The third kappa shape index (κ3) is 5.32. The molecular formula is C20H18Cl4N2O2. The molecule has 0 aliphatic heterocycles. The normalized spacial score (nSPS) is 19.1. The number of rotatable bonds is 4. The molecule has 2 aromatic carbocycles. The van der Waals surface area contributed by atoms with E-state index < -0.39 is 0 Å². The molecule has 1 saturated carbocycles. The first-order chi connectivity index (χ1) is 13.3. The molecule has 0 spiro atoms. The van der Waals surface area contributed by atoms with Crippen molar-refractivity contribution in [1.82, 2.24) is 0 Å². The van der Waals surface area contributed by atoms with Gasteiger partial charge in [-0.3, -0.25) is 9.59 Å². The predicted octanol–water partition coefficient (Wildman–Crippen LogP) is 6.68. The summed E-state index contributed by atoms with van der Waals surface area (Å²) in [4.78, 5) is 25.3. The van der Waals surface area contributed by atoms with E-state index in [1.165, 1.54) is 0 Å². The molecule has 0 saturated heterocycles. The third-order valence-corrected chi connectivity index (χ3v) is 5.92. The van der Waals surface area contributed by atoms with Crippen LogP contribution in [-0.4, -0.2) is 11.8 Å². The Morgan fingerprint density at radius 2 is 1.18 bits per heavy atom. The van der Waals surface area contributed by atoms with Crippen molar-refractivity contribution in [2.24, 2.45) is 11.8 Å². The average Bonchev–Trinajstić information content (AvgIpc) is 2.67. The van der Waals surface area contributed by atoms with Crippen molar-refractivity contribution >= 4 is 69.6 Å². The standard InChI is InChI=1S/C20H18Cl4N2O2/c21-13-4-6-15(23)17(9-13)25-19(27)11-2-1-3-12(8-11)20(28)26-18-10-14(22)5-7-16(18)24/h4-7,9-12H,1-3,8H2,(H,25,27)(H,26,28). The fourth-order valence-electron chi connectivity index (χ4n) is 3.32. The molecule has 4 nitrogen and oxygen atoms in total. The van der Waals surface area contributed by atoms with Gasteiger partial charge in [0.25, 0.3) is 0 Å². The van der Waals surface area contributed by atoms with E-state index in [0.29, 0.717) is 50.7 Å². The molecule has 0 radical (unpaired) electrons. The lowest BCUT2D eigenvalue weighted by Crippen LogP contribution is -2.33. The van der Waals surface area contributed by atoms with Gasteiger partial charge >= 0.3 is 0 Å². The summed E-state index contributed by atoms with van der Waals surface area (Å²) in [7, 11) is 0. The molecular weight excluding hydrogens is 442 g/mol. The van der Waals surface area contributed by atoms with E-state index in [-0.39, 0.29) is 23.7 Å². The first-order valence-corrected chi connectivity index (χ1v) is 10.4. The third-order valence-electron chi connectivity index (χ3n) is 4.79. The van der Waals surface area contributed by atoms with Crippen molar-refractivity contribution in [3.63, 3.8) is 0 Å². The van der Waals surface area contributed by atoms with Gasteiger partial charge < -0.3 is 10.6 Å². The summed E-state index contributed by atoms with van der Waals surface area (Å²) in [5, 5.41) is 7.44. The number of anilines is 2. The van der Waals surface area contributed by atoms with Gasteiger partial charge in [0.1, 0.15) is 0 Å². The molecule has 2 N–H and O–H groups in total. The number of carbonyl (C=O) groups excluding carboxylic acids is 2. The molecule has 8 heteroatoms. The summed E-state index contributed by atoms with van der Waals surface area (Å²) in [6.45, 7) is 0. The zero-order valence-corrected chi connectivity index (χ0v) is 17.8. The lowest BCUT2D eigenvalue weighted by Gasteiger charge is -2.28. The Bertz CT molecular complexity index is 832. The molecule has 3 rings (SSSR count). The van der Waals surface area contributed by atoms with Gasteiger partial charge in [0.2, 0.25) is 11.8 Å². The number of carbonyl (C=O) groups is 2. The second-order valence-electron chi connectivity index (χ2n) is 6.79. The molecule has 1 aliphatic carbocycles. The maximum absolute atomic E-state index is 12.7. The van der Waals surface area contributed by atoms with Gasteiger partial charge in [0.15, 0.2) is 0 Å². The van der Waals surface area contributed by atoms with E-state index in [0.717, 1.165) is 6.42 Å². The van der Waals surface area contributed by atoms with Crippen molar-refractivity contribution < 1.29 is 9.59 Å². The Labute approximate surface area is 183 Å². The van der Waals surface area contributed by atoms with Crippen LogP contribution in [0.5, 0.6) is 0 Å². The zero-order valence-electron chi connectivity index (χ0n) is 14.8. The van der Waals surface area contributed by atoms with E-state index in [9.17, 15) is 9.59 Å². The summed E-state index contributed by atoms with van der Waals surface area (Å²) in [6, 6.07) is 9.78. The molecule has 1 fully saturated rings. The van der Waals surface area contributed by atoms with Crippen LogP contribution < -0.4 is 10.6 Å².